The number of hydrogen-bond donors (Lipinski definition) is 4. The van der Waals surface area contributed by atoms with Crippen LogP contribution in [-0.2, 0) is 24.9 Å². The lowest BCUT2D eigenvalue weighted by molar-refractivity contribution is -0.119. The predicted molar refractivity (Wildman–Crippen MR) is 192 cm³/mol. The molecule has 0 spiro atoms. The second-order valence-corrected chi connectivity index (χ2v) is 13.1. The molecule has 2 amide bonds. The minimum Gasteiger partial charge on any atom is -0.481 e. The van der Waals surface area contributed by atoms with Gasteiger partial charge in [0.05, 0.1) is 47.7 Å². The van der Waals surface area contributed by atoms with Crippen molar-refractivity contribution in [3.63, 3.8) is 0 Å². The van der Waals surface area contributed by atoms with E-state index in [9.17, 15) is 24.6 Å². The number of methoxy groups -OCH3 is 1. The average molecular weight is 736 g/mol. The van der Waals surface area contributed by atoms with Gasteiger partial charge in [0.25, 0.3) is 5.56 Å². The van der Waals surface area contributed by atoms with Crippen LogP contribution in [0.2, 0.25) is 10.0 Å². The number of rotatable bonds is 12. The molecule has 266 valence electrons. The maximum atomic E-state index is 13.2. The fourth-order valence-corrected chi connectivity index (χ4v) is 6.70. The van der Waals surface area contributed by atoms with Gasteiger partial charge in [0.2, 0.25) is 11.8 Å². The van der Waals surface area contributed by atoms with E-state index >= 15 is 0 Å². The summed E-state index contributed by atoms with van der Waals surface area (Å²) in [7, 11) is 3.10. The average Bonchev–Trinajstić information content (AvgIpc) is 3.72. The van der Waals surface area contributed by atoms with Crippen LogP contribution in [0.25, 0.3) is 39.2 Å². The first kappa shape index (κ1) is 35.8. The van der Waals surface area contributed by atoms with Crippen LogP contribution >= 0.6 is 23.2 Å². The van der Waals surface area contributed by atoms with Gasteiger partial charge >= 0.3 is 6.09 Å². The SMILES string of the molecule is COc1nc(-c2cccc(-c3ccnc(-c4cc5c(=O)n(C)c(CNCC(C)O)nn5c4)c3Cl)c2Cl)ccc1CN(C[C@@H]1CCC(=O)N1)C(=O)O. The van der Waals surface area contributed by atoms with Gasteiger partial charge < -0.3 is 30.5 Å². The molecule has 2 atom stereocenters. The Balaban J connectivity index is 1.30. The molecule has 0 bridgehead atoms. The number of ether oxygens (including phenoxy) is 1. The second kappa shape index (κ2) is 15.1. The number of benzene rings is 1. The Kier molecular flexibility index (Phi) is 10.6. The number of nitrogens with zero attached hydrogens (tertiary/aromatic N) is 6. The van der Waals surface area contributed by atoms with Crippen molar-refractivity contribution in [3.8, 4) is 39.5 Å². The lowest BCUT2D eigenvalue weighted by atomic mass is 10.00. The van der Waals surface area contributed by atoms with Crippen LogP contribution in [0, 0.1) is 0 Å². The zero-order chi connectivity index (χ0) is 36.4. The van der Waals surface area contributed by atoms with Crippen LogP contribution in [-0.4, -0.2) is 83.6 Å². The van der Waals surface area contributed by atoms with Gasteiger partial charge in [-0.1, -0.05) is 41.4 Å². The van der Waals surface area contributed by atoms with Gasteiger partial charge in [-0.2, -0.15) is 5.10 Å². The van der Waals surface area contributed by atoms with Crippen molar-refractivity contribution in [2.45, 2.75) is 45.0 Å². The van der Waals surface area contributed by atoms with Crippen LogP contribution in [0.15, 0.2) is 59.7 Å². The number of carbonyl (C=O) groups is 2. The van der Waals surface area contributed by atoms with Crippen molar-refractivity contribution in [2.24, 2.45) is 7.05 Å². The van der Waals surface area contributed by atoms with Crippen molar-refractivity contribution in [1.29, 1.82) is 0 Å². The summed E-state index contributed by atoms with van der Waals surface area (Å²) < 4.78 is 8.53. The highest BCUT2D eigenvalue weighted by Crippen LogP contribution is 2.42. The summed E-state index contributed by atoms with van der Waals surface area (Å²) in [5.41, 5.74) is 3.97. The summed E-state index contributed by atoms with van der Waals surface area (Å²) in [4.78, 5) is 47.3. The Morgan fingerprint density at radius 1 is 1.16 bits per heavy atom. The van der Waals surface area contributed by atoms with Crippen molar-refractivity contribution in [1.82, 2.24) is 39.7 Å². The van der Waals surface area contributed by atoms with Crippen molar-refractivity contribution < 1.29 is 24.5 Å². The number of carboxylic acid groups (broad SMARTS) is 1. The van der Waals surface area contributed by atoms with Crippen molar-refractivity contribution in [2.75, 3.05) is 20.2 Å². The van der Waals surface area contributed by atoms with Gasteiger partial charge in [-0.05, 0) is 37.6 Å². The van der Waals surface area contributed by atoms with E-state index in [4.69, 9.17) is 27.9 Å². The molecular formula is C35H36Cl2N8O6. The number of aliphatic hydroxyl groups is 1. The third kappa shape index (κ3) is 7.54. The lowest BCUT2D eigenvalue weighted by Crippen LogP contribution is -2.41. The van der Waals surface area contributed by atoms with Crippen LogP contribution in [0.3, 0.4) is 0 Å². The maximum absolute atomic E-state index is 13.2. The molecule has 1 fully saturated rings. The fourth-order valence-electron chi connectivity index (χ4n) is 6.05. The zero-order valence-corrected chi connectivity index (χ0v) is 29.6. The summed E-state index contributed by atoms with van der Waals surface area (Å²) in [6.45, 7) is 2.46. The normalized spacial score (nSPS) is 14.9. The van der Waals surface area contributed by atoms with Crippen molar-refractivity contribution in [3.05, 3.63) is 86.6 Å². The van der Waals surface area contributed by atoms with Crippen LogP contribution in [0.1, 0.15) is 31.2 Å². The maximum Gasteiger partial charge on any atom is 0.407 e. The predicted octanol–water partition coefficient (Wildman–Crippen LogP) is 4.37. The number of hydrogen-bond acceptors (Lipinski definition) is 9. The van der Waals surface area contributed by atoms with E-state index in [1.807, 2.05) is 18.2 Å². The molecule has 1 saturated heterocycles. The monoisotopic (exact) mass is 734 g/mol. The summed E-state index contributed by atoms with van der Waals surface area (Å²) in [5.74, 6) is 0.638. The molecule has 5 aromatic rings. The topological polar surface area (TPSA) is 176 Å². The molecule has 1 unspecified atom stereocenters. The minimum atomic E-state index is -1.12. The molecular weight excluding hydrogens is 699 g/mol. The first-order valence-corrected chi connectivity index (χ1v) is 16.9. The number of fused-ring (bicyclic) bond motifs is 1. The second-order valence-electron chi connectivity index (χ2n) is 12.3. The zero-order valence-electron chi connectivity index (χ0n) is 28.1. The Morgan fingerprint density at radius 3 is 2.63 bits per heavy atom. The van der Waals surface area contributed by atoms with Gasteiger partial charge in [0.1, 0.15) is 11.3 Å². The molecule has 51 heavy (non-hydrogen) atoms. The van der Waals surface area contributed by atoms with E-state index in [2.05, 4.69) is 25.7 Å². The lowest BCUT2D eigenvalue weighted by Gasteiger charge is -2.23. The Labute approximate surface area is 302 Å². The smallest absolute Gasteiger partial charge is 0.407 e. The first-order valence-electron chi connectivity index (χ1n) is 16.2. The number of pyridine rings is 2. The highest BCUT2D eigenvalue weighted by Gasteiger charge is 2.26. The summed E-state index contributed by atoms with van der Waals surface area (Å²) in [5, 5.41) is 30.6. The molecule has 14 nitrogen and oxygen atoms in total. The van der Waals surface area contributed by atoms with Crippen LogP contribution in [0.4, 0.5) is 4.79 Å². The Morgan fingerprint density at radius 2 is 1.92 bits per heavy atom. The number of carbonyl (C=O) groups excluding carboxylic acids is 1. The largest absolute Gasteiger partial charge is 0.481 e. The third-order valence-corrected chi connectivity index (χ3v) is 9.46. The van der Waals surface area contributed by atoms with E-state index in [-0.39, 0.29) is 43.0 Å². The summed E-state index contributed by atoms with van der Waals surface area (Å²) in [6, 6.07) is 12.1. The van der Waals surface area contributed by atoms with Crippen LogP contribution in [0.5, 0.6) is 5.88 Å². The van der Waals surface area contributed by atoms with E-state index in [1.54, 1.807) is 50.6 Å². The fraction of sp³-hybridized carbons (Fsp3) is 0.314. The Bertz CT molecular complexity index is 2190. The quantitative estimate of drug-likeness (QED) is 0.144. The third-order valence-electron chi connectivity index (χ3n) is 8.67. The number of halogens is 2. The van der Waals surface area contributed by atoms with E-state index < -0.39 is 12.2 Å². The molecule has 1 aliphatic rings. The molecule has 1 aromatic carbocycles. The van der Waals surface area contributed by atoms with E-state index in [1.165, 1.54) is 21.1 Å². The molecule has 6 rings (SSSR count). The minimum absolute atomic E-state index is 0.0131. The van der Waals surface area contributed by atoms with E-state index in [0.717, 1.165) is 0 Å². The summed E-state index contributed by atoms with van der Waals surface area (Å²) in [6.07, 6.45) is 2.58. The molecule has 0 radical (unpaired) electrons. The van der Waals surface area contributed by atoms with Gasteiger partial charge in [0.15, 0.2) is 0 Å². The number of aromatic nitrogens is 5. The standard InChI is InChI=1S/C35H36Cl2N8O6/c1-19(46)14-38-15-28-42-45-17-21(13-27(45)34(48)43(28)2)32-31(37)24(11-12-39-32)23-5-4-6-25(30(23)36)26-9-7-20(33(41-26)51-3)16-44(35(49)50)18-22-8-10-29(47)40-22/h4-7,9,11-13,17,19,22,38,46H,8,10,14-16,18H2,1-3H3,(H,40,47)(H,49,50)/t19?,22-/m0/s1. The first-order chi connectivity index (χ1) is 24.4. The molecule has 0 saturated carbocycles. The Hall–Kier alpha value is -5.02. The highest BCUT2D eigenvalue weighted by molar-refractivity contribution is 6.39. The van der Waals surface area contributed by atoms with Gasteiger partial charge in [-0.3, -0.25) is 19.1 Å². The molecule has 5 heterocycles. The van der Waals surface area contributed by atoms with Gasteiger partial charge in [-0.25, -0.2) is 14.3 Å². The van der Waals surface area contributed by atoms with Gasteiger partial charge in [0, 0.05) is 72.8 Å². The van der Waals surface area contributed by atoms with Crippen molar-refractivity contribution >= 4 is 40.7 Å². The van der Waals surface area contributed by atoms with Gasteiger partial charge in [-0.15, -0.1) is 0 Å². The molecule has 4 aromatic heterocycles. The molecule has 0 aliphatic carbocycles. The molecule has 1 aliphatic heterocycles. The molecule has 4 N–H and O–H groups in total. The number of aliphatic hydroxyl groups excluding tert-OH is 1. The highest BCUT2D eigenvalue weighted by atomic mass is 35.5. The molecule has 16 heteroatoms. The van der Waals surface area contributed by atoms with E-state index in [0.29, 0.717) is 80.0 Å². The summed E-state index contributed by atoms with van der Waals surface area (Å²) >= 11 is 14.0. The number of amides is 2. The number of nitrogens with one attached hydrogen (secondary N) is 2. The van der Waals surface area contributed by atoms with Crippen LogP contribution < -0.4 is 20.9 Å².